The maximum absolute atomic E-state index is 12.0. The second-order valence-electron chi connectivity index (χ2n) is 4.34. The van der Waals surface area contributed by atoms with Crippen molar-refractivity contribution in [3.8, 4) is 0 Å². The average molecular weight is 227 g/mol. The van der Waals surface area contributed by atoms with Crippen LogP contribution in [0.2, 0.25) is 0 Å². The van der Waals surface area contributed by atoms with Gasteiger partial charge in [0.05, 0.1) is 7.11 Å². The van der Waals surface area contributed by atoms with Gasteiger partial charge in [0.25, 0.3) is 0 Å². The molecule has 0 radical (unpaired) electrons. The topological polar surface area (TPSA) is 63.7 Å². The second kappa shape index (κ2) is 4.23. The summed E-state index contributed by atoms with van der Waals surface area (Å²) in [6.45, 7) is 5.06. The summed E-state index contributed by atoms with van der Waals surface area (Å²) >= 11 is 0. The van der Waals surface area contributed by atoms with Crippen LogP contribution in [0.15, 0.2) is 0 Å². The van der Waals surface area contributed by atoms with Crippen LogP contribution < -0.4 is 0 Å². The first kappa shape index (κ1) is 12.7. The molecule has 0 aromatic heterocycles. The SMILES string of the molecule is COC(=O)[C@@H](C)N1CCC(C)(C(C)=O)C1=O. The summed E-state index contributed by atoms with van der Waals surface area (Å²) in [4.78, 5) is 36.2. The Morgan fingerprint density at radius 3 is 2.44 bits per heavy atom. The van der Waals surface area contributed by atoms with Crippen molar-refractivity contribution >= 4 is 17.7 Å². The molecule has 0 aliphatic carbocycles. The molecule has 2 atom stereocenters. The number of Topliss-reactive ketones (excluding diaryl/α,β-unsaturated/α-hetero) is 1. The zero-order valence-corrected chi connectivity index (χ0v) is 10.1. The van der Waals surface area contributed by atoms with E-state index >= 15 is 0 Å². The smallest absolute Gasteiger partial charge is 0.328 e. The molecule has 0 saturated carbocycles. The third-order valence-electron chi connectivity index (χ3n) is 3.37. The minimum Gasteiger partial charge on any atom is -0.467 e. The standard InChI is InChI=1S/C11H17NO4/c1-7(9(14)16-4)12-6-5-11(3,8(2)13)10(12)15/h7H,5-6H2,1-4H3/t7-,11?/m1/s1. The van der Waals surface area contributed by atoms with Gasteiger partial charge >= 0.3 is 5.97 Å². The lowest BCUT2D eigenvalue weighted by Gasteiger charge is -2.24. The van der Waals surface area contributed by atoms with Gasteiger partial charge in [0.2, 0.25) is 5.91 Å². The van der Waals surface area contributed by atoms with Gasteiger partial charge in [-0.15, -0.1) is 0 Å². The predicted molar refractivity (Wildman–Crippen MR) is 56.6 cm³/mol. The van der Waals surface area contributed by atoms with E-state index in [0.717, 1.165) is 0 Å². The van der Waals surface area contributed by atoms with Gasteiger partial charge in [-0.1, -0.05) is 0 Å². The zero-order valence-electron chi connectivity index (χ0n) is 10.1. The van der Waals surface area contributed by atoms with E-state index in [-0.39, 0.29) is 11.7 Å². The highest BCUT2D eigenvalue weighted by Gasteiger charge is 2.48. The Kier molecular flexibility index (Phi) is 3.35. The number of hydrogen-bond donors (Lipinski definition) is 0. The summed E-state index contributed by atoms with van der Waals surface area (Å²) in [5, 5.41) is 0. The molecule has 1 aliphatic heterocycles. The average Bonchev–Trinajstić information content (AvgIpc) is 2.55. The number of carbonyl (C=O) groups is 3. The first-order valence-corrected chi connectivity index (χ1v) is 5.24. The fourth-order valence-electron chi connectivity index (χ4n) is 1.86. The molecule has 0 bridgehead atoms. The van der Waals surface area contributed by atoms with Gasteiger partial charge in [0.1, 0.15) is 17.2 Å². The lowest BCUT2D eigenvalue weighted by Crippen LogP contribution is -2.44. The molecule has 1 heterocycles. The number of carbonyl (C=O) groups excluding carboxylic acids is 3. The third-order valence-corrected chi connectivity index (χ3v) is 3.37. The lowest BCUT2D eigenvalue weighted by atomic mass is 9.85. The Hall–Kier alpha value is -1.39. The number of rotatable bonds is 3. The fourth-order valence-corrected chi connectivity index (χ4v) is 1.86. The van der Waals surface area contributed by atoms with Gasteiger partial charge in [-0.25, -0.2) is 4.79 Å². The van der Waals surface area contributed by atoms with Gasteiger partial charge in [0, 0.05) is 6.54 Å². The number of likely N-dealkylation sites (tertiary alicyclic amines) is 1. The van der Waals surface area contributed by atoms with Crippen molar-refractivity contribution in [2.45, 2.75) is 33.2 Å². The molecule has 0 N–H and O–H groups in total. The normalized spacial score (nSPS) is 26.8. The Bertz CT molecular complexity index is 339. The molecule has 0 spiro atoms. The van der Waals surface area contributed by atoms with Crippen LogP contribution in [0.5, 0.6) is 0 Å². The molecular weight excluding hydrogens is 210 g/mol. The number of hydrogen-bond acceptors (Lipinski definition) is 4. The number of ether oxygens (including phenoxy) is 1. The first-order chi connectivity index (χ1) is 7.34. The van der Waals surface area contributed by atoms with Crippen molar-refractivity contribution in [1.82, 2.24) is 4.90 Å². The lowest BCUT2D eigenvalue weighted by molar-refractivity contribution is -0.153. The Morgan fingerprint density at radius 2 is 2.06 bits per heavy atom. The molecule has 1 amide bonds. The van der Waals surface area contributed by atoms with E-state index in [1.54, 1.807) is 13.8 Å². The predicted octanol–water partition coefficient (Wildman–Crippen LogP) is 0.375. The van der Waals surface area contributed by atoms with Gasteiger partial charge < -0.3 is 9.64 Å². The first-order valence-electron chi connectivity index (χ1n) is 5.24. The fraction of sp³-hybridized carbons (Fsp3) is 0.727. The molecule has 1 aliphatic rings. The monoisotopic (exact) mass is 227 g/mol. The van der Waals surface area contributed by atoms with Gasteiger partial charge in [-0.3, -0.25) is 9.59 Å². The minimum absolute atomic E-state index is 0.155. The molecule has 90 valence electrons. The van der Waals surface area contributed by atoms with Crippen LogP contribution in [-0.2, 0) is 19.1 Å². The van der Waals surface area contributed by atoms with Crippen LogP contribution in [0, 0.1) is 5.41 Å². The van der Waals surface area contributed by atoms with Crippen LogP contribution in [0.3, 0.4) is 0 Å². The number of nitrogens with zero attached hydrogens (tertiary/aromatic N) is 1. The Balaban J connectivity index is 2.86. The molecule has 0 aromatic carbocycles. The maximum Gasteiger partial charge on any atom is 0.328 e. The van der Waals surface area contributed by atoms with E-state index in [2.05, 4.69) is 4.74 Å². The summed E-state index contributed by atoms with van der Waals surface area (Å²) in [5.74, 6) is -0.892. The summed E-state index contributed by atoms with van der Waals surface area (Å²) in [5.41, 5.74) is -0.970. The summed E-state index contributed by atoms with van der Waals surface area (Å²) in [7, 11) is 1.28. The van der Waals surface area contributed by atoms with Crippen LogP contribution >= 0.6 is 0 Å². The van der Waals surface area contributed by atoms with E-state index in [0.29, 0.717) is 13.0 Å². The Morgan fingerprint density at radius 1 is 1.50 bits per heavy atom. The molecular formula is C11H17NO4. The summed E-state index contributed by atoms with van der Waals surface area (Å²) in [6, 6.07) is -0.626. The largest absolute Gasteiger partial charge is 0.467 e. The molecule has 1 fully saturated rings. The van der Waals surface area contributed by atoms with E-state index in [9.17, 15) is 14.4 Å². The molecule has 16 heavy (non-hydrogen) atoms. The van der Waals surface area contributed by atoms with Crippen LogP contribution in [0.4, 0.5) is 0 Å². The van der Waals surface area contributed by atoms with Gasteiger partial charge in [-0.2, -0.15) is 0 Å². The highest BCUT2D eigenvalue weighted by molar-refractivity contribution is 6.06. The number of esters is 1. The quantitative estimate of drug-likeness (QED) is 0.516. The van der Waals surface area contributed by atoms with Crippen LogP contribution in [0.1, 0.15) is 27.2 Å². The molecule has 5 heteroatoms. The van der Waals surface area contributed by atoms with Gasteiger partial charge in [-0.05, 0) is 27.2 Å². The summed E-state index contributed by atoms with van der Waals surface area (Å²) in [6.07, 6.45) is 0.461. The Labute approximate surface area is 94.7 Å². The maximum atomic E-state index is 12.0. The van der Waals surface area contributed by atoms with E-state index in [4.69, 9.17) is 0 Å². The number of ketones is 1. The van der Waals surface area contributed by atoms with Crippen LogP contribution in [0.25, 0.3) is 0 Å². The van der Waals surface area contributed by atoms with Crippen molar-refractivity contribution in [3.05, 3.63) is 0 Å². The number of methoxy groups -OCH3 is 1. The molecule has 1 saturated heterocycles. The van der Waals surface area contributed by atoms with Crippen molar-refractivity contribution in [2.24, 2.45) is 5.41 Å². The van der Waals surface area contributed by atoms with Crippen molar-refractivity contribution in [2.75, 3.05) is 13.7 Å². The van der Waals surface area contributed by atoms with Crippen molar-refractivity contribution < 1.29 is 19.1 Å². The molecule has 1 rings (SSSR count). The second-order valence-corrected chi connectivity index (χ2v) is 4.34. The van der Waals surface area contributed by atoms with E-state index in [1.165, 1.54) is 18.9 Å². The number of amides is 1. The van der Waals surface area contributed by atoms with Gasteiger partial charge in [0.15, 0.2) is 0 Å². The minimum atomic E-state index is -0.970. The third kappa shape index (κ3) is 1.81. The van der Waals surface area contributed by atoms with E-state index in [1.807, 2.05) is 0 Å². The van der Waals surface area contributed by atoms with Crippen molar-refractivity contribution in [1.29, 1.82) is 0 Å². The van der Waals surface area contributed by atoms with Crippen LogP contribution in [-0.4, -0.2) is 42.3 Å². The molecule has 0 aromatic rings. The molecule has 5 nitrogen and oxygen atoms in total. The van der Waals surface area contributed by atoms with E-state index < -0.39 is 17.4 Å². The highest BCUT2D eigenvalue weighted by Crippen LogP contribution is 2.33. The summed E-state index contributed by atoms with van der Waals surface area (Å²) < 4.78 is 4.58. The highest BCUT2D eigenvalue weighted by atomic mass is 16.5. The van der Waals surface area contributed by atoms with Crippen molar-refractivity contribution in [3.63, 3.8) is 0 Å². The zero-order chi connectivity index (χ0) is 12.5. The molecule has 1 unspecified atom stereocenters.